The molecule has 134 valence electrons. The molecule has 0 aliphatic rings. The molecular weight excluding hydrogens is 400 g/mol. The Morgan fingerprint density at radius 2 is 1.27 bits per heavy atom. The maximum atomic E-state index is 6.86. The van der Waals surface area contributed by atoms with Crippen molar-refractivity contribution in [3.05, 3.63) is 88.4 Å². The molecule has 26 heavy (non-hydrogen) atoms. The molecule has 0 fully saturated rings. The van der Waals surface area contributed by atoms with E-state index in [4.69, 9.17) is 4.43 Å². The Morgan fingerprint density at radius 3 is 1.73 bits per heavy atom. The van der Waals surface area contributed by atoms with Gasteiger partial charge in [-0.2, -0.15) is 0 Å². The Hall–Kier alpha value is -1.84. The van der Waals surface area contributed by atoms with Gasteiger partial charge in [-0.3, -0.25) is 0 Å². The lowest BCUT2D eigenvalue weighted by Crippen LogP contribution is -2.48. The fraction of sp³-hybridized carbons (Fsp3) is 0.217. The molecule has 0 spiro atoms. The van der Waals surface area contributed by atoms with Gasteiger partial charge < -0.3 is 4.43 Å². The Kier molecular flexibility index (Phi) is 5.69. The van der Waals surface area contributed by atoms with E-state index < -0.39 is 9.04 Å². The molecule has 0 saturated heterocycles. The molecule has 0 unspecified atom stereocenters. The molecule has 0 aliphatic carbocycles. The summed E-state index contributed by atoms with van der Waals surface area (Å²) in [5.74, 6) is 1.02. The minimum atomic E-state index is -1.85. The van der Waals surface area contributed by atoms with E-state index >= 15 is 0 Å². The fourth-order valence-corrected chi connectivity index (χ4v) is 5.76. The highest BCUT2D eigenvalue weighted by molar-refractivity contribution is 9.10. The Labute approximate surface area is 166 Å². The highest BCUT2D eigenvalue weighted by Crippen LogP contribution is 2.37. The molecule has 0 radical (unpaired) electrons. The van der Waals surface area contributed by atoms with Crippen molar-refractivity contribution in [1.82, 2.24) is 0 Å². The highest BCUT2D eigenvalue weighted by Gasteiger charge is 2.26. The molecule has 3 rings (SSSR count). The maximum absolute atomic E-state index is 6.86. The molecule has 0 aromatic heterocycles. The van der Waals surface area contributed by atoms with Crippen LogP contribution >= 0.6 is 15.9 Å². The summed E-state index contributed by atoms with van der Waals surface area (Å²) in [4.78, 5) is 0. The SMILES string of the molecule is Cc1c(Br)ccc(C(C)(C)C)c1O[SiH](c1ccccc1)c1ccccc1. The molecule has 0 aliphatic heterocycles. The van der Waals surface area contributed by atoms with Crippen LogP contribution in [0.2, 0.25) is 0 Å². The number of hydrogen-bond donors (Lipinski definition) is 0. The van der Waals surface area contributed by atoms with Crippen molar-refractivity contribution in [3.8, 4) is 5.75 Å². The second-order valence-electron chi connectivity index (χ2n) is 7.62. The van der Waals surface area contributed by atoms with E-state index in [1.54, 1.807) is 0 Å². The van der Waals surface area contributed by atoms with Crippen LogP contribution in [0, 0.1) is 6.92 Å². The molecule has 0 atom stereocenters. The zero-order chi connectivity index (χ0) is 18.7. The number of rotatable bonds is 4. The molecule has 0 bridgehead atoms. The third kappa shape index (κ3) is 4.10. The van der Waals surface area contributed by atoms with E-state index in [0.717, 1.165) is 10.2 Å². The van der Waals surface area contributed by atoms with Crippen molar-refractivity contribution in [2.24, 2.45) is 0 Å². The summed E-state index contributed by atoms with van der Waals surface area (Å²) >= 11 is 3.68. The minimum Gasteiger partial charge on any atom is -0.537 e. The van der Waals surface area contributed by atoms with Crippen LogP contribution in [-0.2, 0) is 5.41 Å². The zero-order valence-corrected chi connectivity index (χ0v) is 18.5. The third-order valence-corrected chi connectivity index (χ3v) is 7.90. The molecule has 0 saturated carbocycles. The van der Waals surface area contributed by atoms with Crippen LogP contribution in [0.25, 0.3) is 0 Å². The first-order valence-corrected chi connectivity index (χ1v) is 11.4. The second kappa shape index (κ2) is 7.81. The normalized spacial score (nSPS) is 11.6. The van der Waals surface area contributed by atoms with Gasteiger partial charge in [0, 0.05) is 10.0 Å². The van der Waals surface area contributed by atoms with Gasteiger partial charge in [0.25, 0.3) is 9.04 Å². The van der Waals surface area contributed by atoms with E-state index in [1.807, 2.05) is 0 Å². The lowest BCUT2D eigenvalue weighted by molar-refractivity contribution is 0.521. The second-order valence-corrected chi connectivity index (χ2v) is 10.8. The van der Waals surface area contributed by atoms with Crippen LogP contribution in [0.5, 0.6) is 5.75 Å². The van der Waals surface area contributed by atoms with E-state index in [2.05, 4.69) is 116 Å². The van der Waals surface area contributed by atoms with Crippen LogP contribution in [0.4, 0.5) is 0 Å². The van der Waals surface area contributed by atoms with Gasteiger partial charge in [0.2, 0.25) is 0 Å². The molecule has 3 aromatic rings. The molecule has 3 aromatic carbocycles. The average Bonchev–Trinajstić information content (AvgIpc) is 2.63. The van der Waals surface area contributed by atoms with E-state index in [9.17, 15) is 0 Å². The van der Waals surface area contributed by atoms with Gasteiger partial charge in [-0.1, -0.05) is 103 Å². The summed E-state index contributed by atoms with van der Waals surface area (Å²) in [7, 11) is -1.85. The third-order valence-electron chi connectivity index (χ3n) is 4.59. The molecule has 0 heterocycles. The van der Waals surface area contributed by atoms with Crippen molar-refractivity contribution >= 4 is 35.3 Å². The van der Waals surface area contributed by atoms with Crippen molar-refractivity contribution in [2.45, 2.75) is 33.1 Å². The van der Waals surface area contributed by atoms with Gasteiger partial charge in [-0.15, -0.1) is 0 Å². The molecule has 3 heteroatoms. The predicted molar refractivity (Wildman–Crippen MR) is 118 cm³/mol. The lowest BCUT2D eigenvalue weighted by atomic mass is 9.85. The largest absolute Gasteiger partial charge is 0.537 e. The van der Waals surface area contributed by atoms with Crippen LogP contribution in [0.3, 0.4) is 0 Å². The number of hydrogen-bond acceptors (Lipinski definition) is 1. The van der Waals surface area contributed by atoms with Crippen molar-refractivity contribution in [3.63, 3.8) is 0 Å². The first kappa shape index (κ1) is 18.9. The van der Waals surface area contributed by atoms with Crippen molar-refractivity contribution in [2.75, 3.05) is 0 Å². The van der Waals surface area contributed by atoms with Crippen LogP contribution in [0.1, 0.15) is 31.9 Å². The summed E-state index contributed by atoms with van der Waals surface area (Å²) in [5.41, 5.74) is 2.44. The van der Waals surface area contributed by atoms with E-state index in [1.165, 1.54) is 21.5 Å². The predicted octanol–water partition coefficient (Wildman–Crippen LogP) is 4.97. The Morgan fingerprint density at radius 1 is 0.769 bits per heavy atom. The van der Waals surface area contributed by atoms with Gasteiger partial charge in [-0.25, -0.2) is 0 Å². The van der Waals surface area contributed by atoms with Gasteiger partial charge in [0.05, 0.1) is 0 Å². The maximum Gasteiger partial charge on any atom is 0.299 e. The fourth-order valence-electron chi connectivity index (χ4n) is 3.11. The molecule has 0 amide bonds. The highest BCUT2D eigenvalue weighted by atomic mass is 79.9. The Balaban J connectivity index is 2.13. The number of benzene rings is 3. The first-order chi connectivity index (χ1) is 12.4. The first-order valence-electron chi connectivity index (χ1n) is 8.94. The van der Waals surface area contributed by atoms with E-state index in [0.29, 0.717) is 0 Å². The number of halogens is 1. The van der Waals surface area contributed by atoms with E-state index in [-0.39, 0.29) is 5.41 Å². The summed E-state index contributed by atoms with van der Waals surface area (Å²) in [6.45, 7) is 8.86. The van der Waals surface area contributed by atoms with Gasteiger partial charge >= 0.3 is 0 Å². The van der Waals surface area contributed by atoms with Gasteiger partial charge in [0.1, 0.15) is 5.75 Å². The monoisotopic (exact) mass is 424 g/mol. The topological polar surface area (TPSA) is 9.23 Å². The summed E-state index contributed by atoms with van der Waals surface area (Å²) in [6.07, 6.45) is 0. The van der Waals surface area contributed by atoms with Crippen LogP contribution < -0.4 is 14.8 Å². The molecule has 0 N–H and O–H groups in total. The summed E-state index contributed by atoms with van der Waals surface area (Å²) in [5, 5.41) is 2.58. The van der Waals surface area contributed by atoms with Crippen LogP contribution in [0.15, 0.2) is 77.3 Å². The van der Waals surface area contributed by atoms with Gasteiger partial charge in [-0.05, 0) is 34.3 Å². The molecular formula is C23H25BrOSi. The van der Waals surface area contributed by atoms with Crippen molar-refractivity contribution in [1.29, 1.82) is 0 Å². The van der Waals surface area contributed by atoms with Crippen LogP contribution in [-0.4, -0.2) is 9.04 Å². The minimum absolute atomic E-state index is 0.0210. The van der Waals surface area contributed by atoms with Crippen molar-refractivity contribution < 1.29 is 4.43 Å². The Bertz CT molecular complexity index is 830. The molecule has 1 nitrogen and oxygen atoms in total. The quantitative estimate of drug-likeness (QED) is 0.537. The van der Waals surface area contributed by atoms with Gasteiger partial charge in [0.15, 0.2) is 0 Å². The average molecular weight is 425 g/mol. The lowest BCUT2D eigenvalue weighted by Gasteiger charge is -2.28. The summed E-state index contributed by atoms with van der Waals surface area (Å²) < 4.78 is 7.96. The summed E-state index contributed by atoms with van der Waals surface area (Å²) in [6, 6.07) is 25.6. The zero-order valence-electron chi connectivity index (χ0n) is 15.8. The smallest absolute Gasteiger partial charge is 0.299 e. The standard InChI is InChI=1S/C23H25BrOSi/c1-17-21(24)16-15-20(23(2,3)4)22(17)25-26(18-11-7-5-8-12-18)19-13-9-6-10-14-19/h5-16,26H,1-4H3.